The summed E-state index contributed by atoms with van der Waals surface area (Å²) in [5, 5.41) is 6.71. The molecule has 0 fully saturated rings. The molecule has 15 heavy (non-hydrogen) atoms. The van der Waals surface area contributed by atoms with Crippen molar-refractivity contribution in [2.75, 3.05) is 6.54 Å². The maximum absolute atomic E-state index is 5.35. The summed E-state index contributed by atoms with van der Waals surface area (Å²) in [7, 11) is 0. The molecule has 1 aromatic rings. The third-order valence-electron chi connectivity index (χ3n) is 2.13. The van der Waals surface area contributed by atoms with Crippen LogP contribution in [0, 0.1) is 19.3 Å². The van der Waals surface area contributed by atoms with Crippen LogP contribution in [0.5, 0.6) is 0 Å². The molecule has 1 aromatic heterocycles. The minimum atomic E-state index is 0.375. The maximum Gasteiger partial charge on any atom is 0.0943 e. The highest BCUT2D eigenvalue weighted by atomic mass is 32.1. The molecule has 1 unspecified atom stereocenters. The van der Waals surface area contributed by atoms with Crippen LogP contribution >= 0.6 is 11.3 Å². The zero-order valence-electron chi connectivity index (χ0n) is 9.42. The van der Waals surface area contributed by atoms with Crippen molar-refractivity contribution in [1.29, 1.82) is 0 Å². The van der Waals surface area contributed by atoms with E-state index in [1.807, 2.05) is 6.92 Å². The average molecular weight is 222 g/mol. The van der Waals surface area contributed by atoms with Crippen molar-refractivity contribution in [1.82, 2.24) is 10.3 Å². The SMILES string of the molecule is C#CCC(Cc1nc(C)cs1)NCCC. The van der Waals surface area contributed by atoms with E-state index >= 15 is 0 Å². The smallest absolute Gasteiger partial charge is 0.0943 e. The van der Waals surface area contributed by atoms with Crippen LogP contribution in [0.25, 0.3) is 0 Å². The Kier molecular flexibility index (Phi) is 5.38. The zero-order valence-corrected chi connectivity index (χ0v) is 10.2. The summed E-state index contributed by atoms with van der Waals surface area (Å²) in [5.41, 5.74) is 1.10. The van der Waals surface area contributed by atoms with Gasteiger partial charge in [-0.25, -0.2) is 4.98 Å². The van der Waals surface area contributed by atoms with Gasteiger partial charge in [0.25, 0.3) is 0 Å². The Morgan fingerprint density at radius 3 is 3.00 bits per heavy atom. The van der Waals surface area contributed by atoms with Gasteiger partial charge in [0.15, 0.2) is 0 Å². The molecule has 0 saturated carbocycles. The summed E-state index contributed by atoms with van der Waals surface area (Å²) in [5.74, 6) is 2.72. The average Bonchev–Trinajstić information content (AvgIpc) is 2.61. The van der Waals surface area contributed by atoms with Gasteiger partial charge in [-0.1, -0.05) is 6.92 Å². The summed E-state index contributed by atoms with van der Waals surface area (Å²) >= 11 is 1.72. The number of aromatic nitrogens is 1. The molecule has 0 aromatic carbocycles. The molecule has 0 radical (unpaired) electrons. The van der Waals surface area contributed by atoms with E-state index in [1.165, 1.54) is 5.01 Å². The third kappa shape index (κ3) is 4.46. The van der Waals surface area contributed by atoms with Crippen LogP contribution < -0.4 is 5.32 Å². The van der Waals surface area contributed by atoms with Gasteiger partial charge in [0.05, 0.1) is 5.01 Å². The topological polar surface area (TPSA) is 24.9 Å². The van der Waals surface area contributed by atoms with Crippen LogP contribution in [0.1, 0.15) is 30.5 Å². The van der Waals surface area contributed by atoms with Crippen molar-refractivity contribution in [3.8, 4) is 12.3 Å². The largest absolute Gasteiger partial charge is 0.313 e. The van der Waals surface area contributed by atoms with Gasteiger partial charge in [-0.3, -0.25) is 0 Å². The van der Waals surface area contributed by atoms with Crippen LogP contribution in [-0.4, -0.2) is 17.6 Å². The van der Waals surface area contributed by atoms with E-state index in [9.17, 15) is 0 Å². The first-order valence-corrected chi connectivity index (χ1v) is 6.22. The van der Waals surface area contributed by atoms with E-state index in [4.69, 9.17) is 6.42 Å². The molecular formula is C12H18N2S. The molecule has 0 aliphatic rings. The fourth-order valence-electron chi connectivity index (χ4n) is 1.41. The Morgan fingerprint density at radius 1 is 1.67 bits per heavy atom. The normalized spacial score (nSPS) is 12.3. The van der Waals surface area contributed by atoms with Crippen molar-refractivity contribution in [3.05, 3.63) is 16.1 Å². The lowest BCUT2D eigenvalue weighted by molar-refractivity contribution is 0.516. The first-order valence-electron chi connectivity index (χ1n) is 5.34. The van der Waals surface area contributed by atoms with E-state index in [2.05, 4.69) is 28.5 Å². The van der Waals surface area contributed by atoms with Crippen molar-refractivity contribution < 1.29 is 0 Å². The van der Waals surface area contributed by atoms with Crippen LogP contribution in [0.2, 0.25) is 0 Å². The predicted molar refractivity (Wildman–Crippen MR) is 66.1 cm³/mol. The lowest BCUT2D eigenvalue weighted by Crippen LogP contribution is -2.31. The molecule has 0 aliphatic carbocycles. The highest BCUT2D eigenvalue weighted by Gasteiger charge is 2.09. The van der Waals surface area contributed by atoms with Gasteiger partial charge in [0.1, 0.15) is 0 Å². The summed E-state index contributed by atoms with van der Waals surface area (Å²) in [6.45, 7) is 5.21. The molecule has 0 saturated heterocycles. The van der Waals surface area contributed by atoms with Crippen molar-refractivity contribution in [2.24, 2.45) is 0 Å². The van der Waals surface area contributed by atoms with Gasteiger partial charge >= 0.3 is 0 Å². The third-order valence-corrected chi connectivity index (χ3v) is 3.12. The van der Waals surface area contributed by atoms with Crippen LogP contribution in [-0.2, 0) is 6.42 Å². The summed E-state index contributed by atoms with van der Waals surface area (Å²) in [4.78, 5) is 4.45. The monoisotopic (exact) mass is 222 g/mol. The quantitative estimate of drug-likeness (QED) is 0.748. The molecule has 1 heterocycles. The Morgan fingerprint density at radius 2 is 2.47 bits per heavy atom. The number of rotatable bonds is 6. The molecular weight excluding hydrogens is 204 g/mol. The van der Waals surface area contributed by atoms with Crippen LogP contribution in [0.15, 0.2) is 5.38 Å². The Balaban J connectivity index is 2.47. The number of nitrogens with one attached hydrogen (secondary N) is 1. The van der Waals surface area contributed by atoms with E-state index in [1.54, 1.807) is 11.3 Å². The van der Waals surface area contributed by atoms with Crippen LogP contribution in [0.3, 0.4) is 0 Å². The molecule has 3 heteroatoms. The minimum absolute atomic E-state index is 0.375. The number of nitrogens with zero attached hydrogens (tertiary/aromatic N) is 1. The lowest BCUT2D eigenvalue weighted by atomic mass is 10.1. The summed E-state index contributed by atoms with van der Waals surface area (Å²) in [6, 6.07) is 0.375. The predicted octanol–water partition coefficient (Wildman–Crippen LogP) is 2.39. The number of hydrogen-bond acceptors (Lipinski definition) is 3. The second kappa shape index (κ2) is 6.60. The van der Waals surface area contributed by atoms with Gasteiger partial charge < -0.3 is 5.32 Å². The molecule has 1 atom stereocenters. The second-order valence-corrected chi connectivity index (χ2v) is 4.59. The fraction of sp³-hybridized carbons (Fsp3) is 0.583. The van der Waals surface area contributed by atoms with Gasteiger partial charge in [-0.15, -0.1) is 23.7 Å². The number of aryl methyl sites for hydroxylation is 1. The molecule has 0 amide bonds. The first kappa shape index (κ1) is 12.2. The second-order valence-electron chi connectivity index (χ2n) is 3.65. The molecule has 1 N–H and O–H groups in total. The molecule has 1 rings (SSSR count). The van der Waals surface area contributed by atoms with E-state index in [-0.39, 0.29) is 0 Å². The standard InChI is InChI=1S/C12H18N2S/c1-4-6-11(13-7-5-2)8-12-14-10(3)9-15-12/h1,9,11,13H,5-8H2,2-3H3. The molecule has 0 bridgehead atoms. The van der Waals surface area contributed by atoms with E-state index < -0.39 is 0 Å². The fourth-order valence-corrected chi connectivity index (χ4v) is 2.27. The van der Waals surface area contributed by atoms with Gasteiger partial charge in [-0.2, -0.15) is 0 Å². The van der Waals surface area contributed by atoms with Crippen molar-refractivity contribution in [3.63, 3.8) is 0 Å². The summed E-state index contributed by atoms with van der Waals surface area (Å²) < 4.78 is 0. The molecule has 2 nitrogen and oxygen atoms in total. The van der Waals surface area contributed by atoms with E-state index in [0.29, 0.717) is 6.04 Å². The Labute approximate surface area is 96.1 Å². The van der Waals surface area contributed by atoms with Crippen LogP contribution in [0.4, 0.5) is 0 Å². The van der Waals surface area contributed by atoms with Gasteiger partial charge in [0, 0.05) is 30.0 Å². The molecule has 82 valence electrons. The highest BCUT2D eigenvalue weighted by Crippen LogP contribution is 2.12. The van der Waals surface area contributed by atoms with Crippen molar-refractivity contribution >= 4 is 11.3 Å². The Bertz CT molecular complexity index is 325. The van der Waals surface area contributed by atoms with E-state index in [0.717, 1.165) is 31.5 Å². The highest BCUT2D eigenvalue weighted by molar-refractivity contribution is 7.09. The molecule has 0 aliphatic heterocycles. The molecule has 0 spiro atoms. The number of thiazole rings is 1. The van der Waals surface area contributed by atoms with Gasteiger partial charge in [-0.05, 0) is 19.9 Å². The Hall–Kier alpha value is -0.850. The first-order chi connectivity index (χ1) is 7.26. The summed E-state index contributed by atoms with van der Waals surface area (Å²) in [6.07, 6.45) is 8.21. The number of hydrogen-bond donors (Lipinski definition) is 1. The van der Waals surface area contributed by atoms with Crippen molar-refractivity contribution in [2.45, 2.75) is 39.2 Å². The minimum Gasteiger partial charge on any atom is -0.313 e. The zero-order chi connectivity index (χ0) is 11.1. The number of terminal acetylenes is 1. The lowest BCUT2D eigenvalue weighted by Gasteiger charge is -2.14. The van der Waals surface area contributed by atoms with Gasteiger partial charge in [0.2, 0.25) is 0 Å². The maximum atomic E-state index is 5.35.